The van der Waals surface area contributed by atoms with E-state index in [4.69, 9.17) is 11.6 Å². The van der Waals surface area contributed by atoms with Crippen molar-refractivity contribution in [1.82, 2.24) is 0 Å². The lowest BCUT2D eigenvalue weighted by Gasteiger charge is -2.35. The van der Waals surface area contributed by atoms with Gasteiger partial charge in [0.1, 0.15) is 5.82 Å². The van der Waals surface area contributed by atoms with Crippen LogP contribution in [0, 0.1) is 34.4 Å². The Hall–Kier alpha value is -1.11. The van der Waals surface area contributed by atoms with Crippen LogP contribution in [-0.4, -0.2) is 5.11 Å². The second-order valence-corrected chi connectivity index (χ2v) is 6.27. The number of fused-ring (bicyclic) bond motifs is 2. The first-order chi connectivity index (χ1) is 9.05. The molecule has 4 atom stereocenters. The molecule has 2 aliphatic rings. The molecule has 4 unspecified atom stereocenters. The van der Waals surface area contributed by atoms with Crippen LogP contribution in [0.15, 0.2) is 18.2 Å². The predicted octanol–water partition coefficient (Wildman–Crippen LogP) is 3.84. The Balaban J connectivity index is 1.98. The average Bonchev–Trinajstić information content (AvgIpc) is 2.97. The molecule has 100 valence electrons. The molecular formula is C15H15ClFNO. The number of benzene rings is 1. The average molecular weight is 280 g/mol. The van der Waals surface area contributed by atoms with Crippen LogP contribution in [0.4, 0.5) is 4.39 Å². The van der Waals surface area contributed by atoms with Gasteiger partial charge in [0.15, 0.2) is 0 Å². The van der Waals surface area contributed by atoms with Crippen LogP contribution in [-0.2, 0) is 0 Å². The molecule has 1 aromatic carbocycles. The largest absolute Gasteiger partial charge is 0.387 e. The van der Waals surface area contributed by atoms with Crippen molar-refractivity contribution in [3.63, 3.8) is 0 Å². The fourth-order valence-corrected chi connectivity index (χ4v) is 4.17. The first-order valence-corrected chi connectivity index (χ1v) is 6.98. The summed E-state index contributed by atoms with van der Waals surface area (Å²) >= 11 is 5.83. The van der Waals surface area contributed by atoms with Crippen LogP contribution >= 0.6 is 11.6 Å². The summed E-state index contributed by atoms with van der Waals surface area (Å²) in [7, 11) is 0. The Morgan fingerprint density at radius 1 is 1.42 bits per heavy atom. The molecule has 0 saturated heterocycles. The molecule has 4 heteroatoms. The summed E-state index contributed by atoms with van der Waals surface area (Å²) in [6, 6.07) is 6.37. The van der Waals surface area contributed by atoms with Gasteiger partial charge in [-0.3, -0.25) is 0 Å². The molecule has 2 bridgehead atoms. The Bertz CT molecular complexity index is 535. The summed E-state index contributed by atoms with van der Waals surface area (Å²) in [5.74, 6) is 0.278. The standard InChI is InChI=1S/C15H15ClFNO/c16-12-4-10(5-13(17)6-12)14(19)15(8-18)7-9-1-2-11(15)3-9/h4-6,9,11,14,19H,1-3,7H2. The molecule has 0 spiro atoms. The van der Waals surface area contributed by atoms with Crippen LogP contribution in [0.3, 0.4) is 0 Å². The Labute approximate surface area is 116 Å². The van der Waals surface area contributed by atoms with Crippen LogP contribution < -0.4 is 0 Å². The van der Waals surface area contributed by atoms with Crippen LogP contribution in [0.25, 0.3) is 0 Å². The summed E-state index contributed by atoms with van der Waals surface area (Å²) in [4.78, 5) is 0. The zero-order chi connectivity index (χ0) is 13.6. The van der Waals surface area contributed by atoms with E-state index >= 15 is 0 Å². The van der Waals surface area contributed by atoms with E-state index in [0.29, 0.717) is 17.9 Å². The van der Waals surface area contributed by atoms with Gasteiger partial charge in [0.2, 0.25) is 0 Å². The topological polar surface area (TPSA) is 44.0 Å². The van der Waals surface area contributed by atoms with Crippen molar-refractivity contribution in [3.8, 4) is 6.07 Å². The van der Waals surface area contributed by atoms with E-state index < -0.39 is 17.3 Å². The molecule has 1 N–H and O–H groups in total. The maximum atomic E-state index is 13.4. The van der Waals surface area contributed by atoms with Crippen molar-refractivity contribution in [2.45, 2.75) is 31.8 Å². The van der Waals surface area contributed by atoms with E-state index in [1.54, 1.807) is 6.07 Å². The minimum Gasteiger partial charge on any atom is -0.387 e. The fraction of sp³-hybridized carbons (Fsp3) is 0.533. The number of aliphatic hydroxyl groups is 1. The van der Waals surface area contributed by atoms with Gasteiger partial charge in [0.25, 0.3) is 0 Å². The fourth-order valence-electron chi connectivity index (χ4n) is 3.94. The molecule has 2 aliphatic carbocycles. The van der Waals surface area contributed by atoms with Gasteiger partial charge in [-0.15, -0.1) is 0 Å². The maximum Gasteiger partial charge on any atom is 0.125 e. The highest BCUT2D eigenvalue weighted by Crippen LogP contribution is 2.60. The monoisotopic (exact) mass is 279 g/mol. The third-order valence-corrected chi connectivity index (χ3v) is 5.01. The van der Waals surface area contributed by atoms with Crippen molar-refractivity contribution < 1.29 is 9.50 Å². The predicted molar refractivity (Wildman–Crippen MR) is 69.9 cm³/mol. The molecule has 0 aromatic heterocycles. The lowest BCUT2D eigenvalue weighted by atomic mass is 9.68. The molecule has 0 heterocycles. The van der Waals surface area contributed by atoms with Crippen LogP contribution in [0.2, 0.25) is 5.02 Å². The van der Waals surface area contributed by atoms with E-state index in [-0.39, 0.29) is 10.9 Å². The van der Waals surface area contributed by atoms with Gasteiger partial charge in [-0.05, 0) is 54.9 Å². The zero-order valence-electron chi connectivity index (χ0n) is 10.4. The van der Waals surface area contributed by atoms with Gasteiger partial charge in [-0.2, -0.15) is 5.26 Å². The maximum absolute atomic E-state index is 13.4. The number of nitrogens with zero attached hydrogens (tertiary/aromatic N) is 1. The van der Waals surface area contributed by atoms with E-state index in [1.807, 2.05) is 0 Å². The Morgan fingerprint density at radius 3 is 2.74 bits per heavy atom. The molecule has 3 rings (SSSR count). The highest BCUT2D eigenvalue weighted by atomic mass is 35.5. The van der Waals surface area contributed by atoms with Gasteiger partial charge in [-0.1, -0.05) is 18.0 Å². The highest BCUT2D eigenvalue weighted by Gasteiger charge is 2.55. The van der Waals surface area contributed by atoms with Crippen molar-refractivity contribution >= 4 is 11.6 Å². The van der Waals surface area contributed by atoms with Crippen LogP contribution in [0.5, 0.6) is 0 Å². The van der Waals surface area contributed by atoms with Crippen molar-refractivity contribution in [1.29, 1.82) is 5.26 Å². The minimum atomic E-state index is -0.957. The minimum absolute atomic E-state index is 0.222. The zero-order valence-corrected chi connectivity index (χ0v) is 11.2. The SMILES string of the molecule is N#CC1(C(O)c2cc(F)cc(Cl)c2)CC2CCC1C2. The van der Waals surface area contributed by atoms with E-state index in [2.05, 4.69) is 6.07 Å². The van der Waals surface area contributed by atoms with E-state index in [9.17, 15) is 14.8 Å². The molecule has 2 nitrogen and oxygen atoms in total. The second kappa shape index (κ2) is 4.47. The van der Waals surface area contributed by atoms with Crippen molar-refractivity contribution in [2.24, 2.45) is 17.3 Å². The third kappa shape index (κ3) is 1.94. The van der Waals surface area contributed by atoms with Gasteiger partial charge in [0, 0.05) is 5.02 Å². The molecule has 0 amide bonds. The summed E-state index contributed by atoms with van der Waals surface area (Å²) in [5, 5.41) is 20.4. The van der Waals surface area contributed by atoms with Crippen molar-refractivity contribution in [3.05, 3.63) is 34.6 Å². The number of rotatable bonds is 2. The quantitative estimate of drug-likeness (QED) is 0.894. The van der Waals surface area contributed by atoms with Gasteiger partial charge >= 0.3 is 0 Å². The van der Waals surface area contributed by atoms with E-state index in [0.717, 1.165) is 19.3 Å². The molecule has 0 aliphatic heterocycles. The molecule has 2 saturated carbocycles. The lowest BCUT2D eigenvalue weighted by Crippen LogP contribution is -2.33. The highest BCUT2D eigenvalue weighted by molar-refractivity contribution is 6.30. The summed E-state index contributed by atoms with van der Waals surface area (Å²) in [5.41, 5.74) is -0.348. The molecular weight excluding hydrogens is 265 g/mol. The number of hydrogen-bond acceptors (Lipinski definition) is 2. The van der Waals surface area contributed by atoms with Gasteiger partial charge in [0.05, 0.1) is 17.6 Å². The number of aliphatic hydroxyl groups excluding tert-OH is 1. The van der Waals surface area contributed by atoms with Gasteiger partial charge in [-0.25, -0.2) is 4.39 Å². The van der Waals surface area contributed by atoms with Gasteiger partial charge < -0.3 is 5.11 Å². The second-order valence-electron chi connectivity index (χ2n) is 5.84. The first-order valence-electron chi connectivity index (χ1n) is 6.60. The van der Waals surface area contributed by atoms with Crippen LogP contribution in [0.1, 0.15) is 37.4 Å². The molecule has 19 heavy (non-hydrogen) atoms. The third-order valence-electron chi connectivity index (χ3n) is 4.79. The summed E-state index contributed by atoms with van der Waals surface area (Å²) in [6.07, 6.45) is 2.89. The first kappa shape index (κ1) is 12.9. The van der Waals surface area contributed by atoms with E-state index in [1.165, 1.54) is 12.1 Å². The number of nitriles is 1. The summed E-state index contributed by atoms with van der Waals surface area (Å²) in [6.45, 7) is 0. The lowest BCUT2D eigenvalue weighted by molar-refractivity contribution is 0.0231. The Kier molecular flexibility index (Phi) is 3.03. The summed E-state index contributed by atoms with van der Waals surface area (Å²) < 4.78 is 13.4. The number of hydrogen-bond donors (Lipinski definition) is 1. The number of halogens is 2. The smallest absolute Gasteiger partial charge is 0.125 e. The molecule has 2 fully saturated rings. The Morgan fingerprint density at radius 2 is 2.21 bits per heavy atom. The normalized spacial score (nSPS) is 34.2. The molecule has 0 radical (unpaired) electrons. The van der Waals surface area contributed by atoms with Crippen molar-refractivity contribution in [2.75, 3.05) is 0 Å². The molecule has 1 aromatic rings.